The topological polar surface area (TPSA) is 76.2 Å². The van der Waals surface area contributed by atoms with E-state index in [2.05, 4.69) is 24.8 Å². The summed E-state index contributed by atoms with van der Waals surface area (Å²) in [5.41, 5.74) is 2.12. The number of rotatable bonds is 5. The lowest BCUT2D eigenvalue weighted by Gasteiger charge is -2.24. The Bertz CT molecular complexity index is 653. The second-order valence-electron chi connectivity index (χ2n) is 5.74. The first-order valence-electron chi connectivity index (χ1n) is 7.89. The van der Waals surface area contributed by atoms with E-state index in [0.717, 1.165) is 36.0 Å². The Morgan fingerprint density at radius 1 is 1.35 bits per heavy atom. The molecule has 0 aliphatic carbocycles. The monoisotopic (exact) mass is 317 g/mol. The highest BCUT2D eigenvalue weighted by Gasteiger charge is 2.36. The van der Waals surface area contributed by atoms with E-state index in [4.69, 9.17) is 9.47 Å². The molecule has 0 spiro atoms. The summed E-state index contributed by atoms with van der Waals surface area (Å²) in [4.78, 5) is 18.8. The number of anilines is 1. The Balaban J connectivity index is 1.92. The van der Waals surface area contributed by atoms with Gasteiger partial charge in [0.2, 0.25) is 5.88 Å². The summed E-state index contributed by atoms with van der Waals surface area (Å²) in [6.07, 6.45) is 2.56. The molecule has 1 saturated heterocycles. The Labute approximate surface area is 136 Å². The molecule has 1 aliphatic heterocycles. The van der Waals surface area contributed by atoms with Crippen LogP contribution in [0.3, 0.4) is 0 Å². The van der Waals surface area contributed by atoms with Gasteiger partial charge in [-0.05, 0) is 20.8 Å². The fourth-order valence-corrected chi connectivity index (χ4v) is 2.93. The Kier molecular flexibility index (Phi) is 4.47. The number of H-pyrrole nitrogens is 1. The second-order valence-corrected chi connectivity index (χ2v) is 5.74. The Morgan fingerprint density at radius 2 is 2.17 bits per heavy atom. The summed E-state index contributed by atoms with van der Waals surface area (Å²) in [5, 5.41) is 0. The molecule has 7 nitrogen and oxygen atoms in total. The molecular weight excluding hydrogens is 294 g/mol. The fourth-order valence-electron chi connectivity index (χ4n) is 2.93. The van der Waals surface area contributed by atoms with Crippen LogP contribution in [0.25, 0.3) is 0 Å². The van der Waals surface area contributed by atoms with Gasteiger partial charge >= 0.3 is 0 Å². The van der Waals surface area contributed by atoms with Crippen LogP contribution in [-0.2, 0) is 4.74 Å². The number of imidazole rings is 1. The highest BCUT2D eigenvalue weighted by atomic mass is 16.5. The Hall–Kier alpha value is -2.15. The molecular formula is C16H23N5O2. The lowest BCUT2D eigenvalue weighted by Crippen LogP contribution is -2.26. The normalized spacial score (nSPS) is 21.0. The molecule has 1 aliphatic rings. The molecule has 0 bridgehead atoms. The van der Waals surface area contributed by atoms with Gasteiger partial charge in [-0.2, -0.15) is 0 Å². The van der Waals surface area contributed by atoms with Crippen LogP contribution in [-0.4, -0.2) is 46.3 Å². The van der Waals surface area contributed by atoms with Crippen molar-refractivity contribution in [1.29, 1.82) is 0 Å². The number of ether oxygens (including phenoxy) is 2. The van der Waals surface area contributed by atoms with Crippen LogP contribution >= 0.6 is 0 Å². The van der Waals surface area contributed by atoms with E-state index < -0.39 is 0 Å². The molecule has 3 heterocycles. The zero-order valence-corrected chi connectivity index (χ0v) is 14.0. The molecule has 1 N–H and O–H groups in total. The number of hydrogen-bond donors (Lipinski definition) is 1. The van der Waals surface area contributed by atoms with Crippen molar-refractivity contribution in [3.05, 3.63) is 29.6 Å². The van der Waals surface area contributed by atoms with Crippen LogP contribution in [0.1, 0.15) is 36.6 Å². The average Bonchev–Trinajstić information content (AvgIpc) is 3.12. The average molecular weight is 317 g/mol. The number of nitrogens with zero attached hydrogens (tertiary/aromatic N) is 4. The van der Waals surface area contributed by atoms with Gasteiger partial charge in [0.15, 0.2) is 0 Å². The predicted molar refractivity (Wildman–Crippen MR) is 86.8 cm³/mol. The van der Waals surface area contributed by atoms with E-state index in [-0.39, 0.29) is 12.1 Å². The number of aromatic nitrogens is 4. The third-order valence-corrected chi connectivity index (χ3v) is 4.27. The minimum atomic E-state index is 0.108. The number of aromatic amines is 1. The maximum Gasteiger partial charge on any atom is 0.218 e. The molecule has 3 rings (SSSR count). The predicted octanol–water partition coefficient (Wildman–Crippen LogP) is 2.18. The number of aryl methyl sites for hydroxylation is 2. The molecule has 7 heteroatoms. The molecule has 0 aromatic carbocycles. The highest BCUT2D eigenvalue weighted by molar-refractivity contribution is 5.45. The van der Waals surface area contributed by atoms with Crippen molar-refractivity contribution in [3.63, 3.8) is 0 Å². The van der Waals surface area contributed by atoms with E-state index in [1.807, 2.05) is 26.8 Å². The van der Waals surface area contributed by atoms with Gasteiger partial charge in [-0.15, -0.1) is 0 Å². The largest absolute Gasteiger partial charge is 0.478 e. The SMILES string of the molecule is CCOc1cc(N2C[C@H](OC)C[C@H]2c2nc(C)c(C)[nH]2)ncn1. The smallest absolute Gasteiger partial charge is 0.218 e. The van der Waals surface area contributed by atoms with E-state index in [9.17, 15) is 0 Å². The first-order chi connectivity index (χ1) is 11.1. The van der Waals surface area contributed by atoms with Crippen molar-refractivity contribution in [2.45, 2.75) is 39.3 Å². The molecule has 2 aromatic rings. The third-order valence-electron chi connectivity index (χ3n) is 4.27. The van der Waals surface area contributed by atoms with Gasteiger partial charge in [-0.3, -0.25) is 0 Å². The quantitative estimate of drug-likeness (QED) is 0.911. The molecule has 23 heavy (non-hydrogen) atoms. The Morgan fingerprint density at radius 3 is 2.83 bits per heavy atom. The molecule has 0 amide bonds. The molecule has 2 aromatic heterocycles. The maximum absolute atomic E-state index is 5.57. The van der Waals surface area contributed by atoms with Gasteiger partial charge in [-0.1, -0.05) is 0 Å². The summed E-state index contributed by atoms with van der Waals surface area (Å²) in [7, 11) is 1.75. The molecule has 0 radical (unpaired) electrons. The highest BCUT2D eigenvalue weighted by Crippen LogP contribution is 2.36. The molecule has 2 atom stereocenters. The van der Waals surface area contributed by atoms with E-state index in [1.165, 1.54) is 6.33 Å². The summed E-state index contributed by atoms with van der Waals surface area (Å²) in [5.74, 6) is 2.37. The molecule has 124 valence electrons. The fraction of sp³-hybridized carbons (Fsp3) is 0.562. The van der Waals surface area contributed by atoms with E-state index >= 15 is 0 Å². The lowest BCUT2D eigenvalue weighted by atomic mass is 10.2. The van der Waals surface area contributed by atoms with Crippen molar-refractivity contribution in [1.82, 2.24) is 19.9 Å². The van der Waals surface area contributed by atoms with Crippen molar-refractivity contribution < 1.29 is 9.47 Å². The molecule has 0 unspecified atom stereocenters. The van der Waals surface area contributed by atoms with Crippen molar-refractivity contribution in [2.75, 3.05) is 25.2 Å². The zero-order chi connectivity index (χ0) is 16.4. The van der Waals surface area contributed by atoms with Gasteiger partial charge in [0.25, 0.3) is 0 Å². The van der Waals surface area contributed by atoms with Crippen LogP contribution in [0, 0.1) is 13.8 Å². The van der Waals surface area contributed by atoms with Gasteiger partial charge in [0.05, 0.1) is 24.4 Å². The minimum Gasteiger partial charge on any atom is -0.478 e. The van der Waals surface area contributed by atoms with Crippen LogP contribution in [0.4, 0.5) is 5.82 Å². The molecule has 0 saturated carbocycles. The van der Waals surface area contributed by atoms with Crippen molar-refractivity contribution >= 4 is 5.82 Å². The van der Waals surface area contributed by atoms with E-state index in [0.29, 0.717) is 12.5 Å². The van der Waals surface area contributed by atoms with Crippen LogP contribution in [0.5, 0.6) is 5.88 Å². The van der Waals surface area contributed by atoms with E-state index in [1.54, 1.807) is 7.11 Å². The maximum atomic E-state index is 5.57. The van der Waals surface area contributed by atoms with Crippen LogP contribution < -0.4 is 9.64 Å². The summed E-state index contributed by atoms with van der Waals surface area (Å²) in [6.45, 7) is 7.34. The van der Waals surface area contributed by atoms with Gasteiger partial charge < -0.3 is 19.4 Å². The third kappa shape index (κ3) is 3.14. The number of methoxy groups -OCH3 is 1. The van der Waals surface area contributed by atoms with Crippen molar-refractivity contribution in [3.8, 4) is 5.88 Å². The van der Waals surface area contributed by atoms with Gasteiger partial charge in [-0.25, -0.2) is 15.0 Å². The summed E-state index contributed by atoms with van der Waals surface area (Å²) in [6, 6.07) is 1.98. The summed E-state index contributed by atoms with van der Waals surface area (Å²) < 4.78 is 11.1. The van der Waals surface area contributed by atoms with Crippen LogP contribution in [0.15, 0.2) is 12.4 Å². The molecule has 1 fully saturated rings. The van der Waals surface area contributed by atoms with Gasteiger partial charge in [0.1, 0.15) is 18.0 Å². The minimum absolute atomic E-state index is 0.108. The first kappa shape index (κ1) is 15.7. The lowest BCUT2D eigenvalue weighted by molar-refractivity contribution is 0.118. The standard InChI is InChI=1S/C16H23N5O2/c1-5-23-15-7-14(17-9-18-15)21-8-12(22-4)6-13(21)16-19-10(2)11(3)20-16/h7,9,12-13H,5-6,8H2,1-4H3,(H,19,20)/t12-,13+/m1/s1. The number of nitrogens with one attached hydrogen (secondary N) is 1. The van der Waals surface area contributed by atoms with Gasteiger partial charge in [0, 0.05) is 31.8 Å². The second kappa shape index (κ2) is 6.54. The first-order valence-corrected chi connectivity index (χ1v) is 7.89. The van der Waals surface area contributed by atoms with Crippen molar-refractivity contribution in [2.24, 2.45) is 0 Å². The van der Waals surface area contributed by atoms with Crippen LogP contribution in [0.2, 0.25) is 0 Å². The zero-order valence-electron chi connectivity index (χ0n) is 14.0. The summed E-state index contributed by atoms with van der Waals surface area (Å²) >= 11 is 0. The number of hydrogen-bond acceptors (Lipinski definition) is 6.